The molecule has 1 aromatic rings. The molecule has 0 radical (unpaired) electrons. The molecule has 1 aliphatic rings. The molecule has 5 nitrogen and oxygen atoms in total. The largest absolute Gasteiger partial charge is 0.489 e. The maximum absolute atomic E-state index is 11.4. The van der Waals surface area contributed by atoms with Crippen molar-refractivity contribution in [2.24, 2.45) is 0 Å². The summed E-state index contributed by atoms with van der Waals surface area (Å²) >= 11 is 0. The molecule has 1 unspecified atom stereocenters. The first-order valence-electron chi connectivity index (χ1n) is 6.21. The van der Waals surface area contributed by atoms with E-state index in [4.69, 9.17) is 9.84 Å². The molecule has 1 aromatic carbocycles. The van der Waals surface area contributed by atoms with Gasteiger partial charge in [0.25, 0.3) is 0 Å². The number of hydrogen-bond acceptors (Lipinski definition) is 4. The van der Waals surface area contributed by atoms with Crippen molar-refractivity contribution in [1.82, 2.24) is 0 Å². The molecule has 2 rings (SSSR count). The van der Waals surface area contributed by atoms with Crippen LogP contribution in [0.2, 0.25) is 0 Å². The smallest absolute Gasteiger partial charge is 0.303 e. The molecule has 0 amide bonds. The fourth-order valence-electron chi connectivity index (χ4n) is 2.20. The number of hydrogen-bond donors (Lipinski definition) is 1. The van der Waals surface area contributed by atoms with E-state index < -0.39 is 5.97 Å². The van der Waals surface area contributed by atoms with Crippen LogP contribution in [0.4, 0.5) is 5.69 Å². The molecular formula is C14H17NO4. The first kappa shape index (κ1) is 13.4. The van der Waals surface area contributed by atoms with Crippen molar-refractivity contribution in [2.75, 3.05) is 18.6 Å². The highest BCUT2D eigenvalue weighted by Gasteiger charge is 2.25. The van der Waals surface area contributed by atoms with Crippen molar-refractivity contribution in [2.45, 2.75) is 25.8 Å². The number of aliphatic carboxylic acids is 1. The second-order valence-corrected chi connectivity index (χ2v) is 4.75. The Kier molecular flexibility index (Phi) is 3.74. The summed E-state index contributed by atoms with van der Waals surface area (Å²) < 4.78 is 5.63. The van der Waals surface area contributed by atoms with Crippen LogP contribution in [0.5, 0.6) is 5.75 Å². The number of likely N-dealkylation sites (N-methyl/N-ethyl adjacent to an activating group) is 1. The van der Waals surface area contributed by atoms with E-state index in [1.165, 1.54) is 6.92 Å². The summed E-state index contributed by atoms with van der Waals surface area (Å²) in [5.41, 5.74) is 1.47. The van der Waals surface area contributed by atoms with Gasteiger partial charge in [-0.05, 0) is 31.5 Å². The number of carbonyl (C=O) groups excluding carboxylic acids is 1. The lowest BCUT2D eigenvalue weighted by atomic mass is 10.0. The number of ketones is 1. The summed E-state index contributed by atoms with van der Waals surface area (Å²) in [6.45, 7) is 1.99. The van der Waals surface area contributed by atoms with Crippen LogP contribution in [0.1, 0.15) is 30.1 Å². The summed E-state index contributed by atoms with van der Waals surface area (Å²) in [5, 5.41) is 8.74. The van der Waals surface area contributed by atoms with Gasteiger partial charge in [0, 0.05) is 19.0 Å². The van der Waals surface area contributed by atoms with Gasteiger partial charge in [0.2, 0.25) is 0 Å². The standard InChI is InChI=1S/C14H17NO4/c1-9(16)10-3-5-13-12(7-10)15(2)11(8-19-13)4-6-14(17)18/h3,5,7,11H,4,6,8H2,1-2H3,(H,17,18). The van der Waals surface area contributed by atoms with E-state index in [0.29, 0.717) is 18.6 Å². The van der Waals surface area contributed by atoms with Gasteiger partial charge < -0.3 is 14.7 Å². The molecule has 0 spiro atoms. The summed E-state index contributed by atoms with van der Waals surface area (Å²) in [5.74, 6) is -0.0698. The Bertz CT molecular complexity index is 512. The Morgan fingerprint density at radius 1 is 1.47 bits per heavy atom. The molecule has 0 saturated heterocycles. The van der Waals surface area contributed by atoms with E-state index in [0.717, 1.165) is 11.4 Å². The van der Waals surface area contributed by atoms with E-state index >= 15 is 0 Å². The number of ether oxygens (including phenoxy) is 1. The van der Waals surface area contributed by atoms with Gasteiger partial charge in [-0.15, -0.1) is 0 Å². The lowest BCUT2D eigenvalue weighted by Gasteiger charge is -2.35. The van der Waals surface area contributed by atoms with E-state index in [9.17, 15) is 9.59 Å². The maximum atomic E-state index is 11.4. The normalized spacial score (nSPS) is 17.6. The van der Waals surface area contributed by atoms with Crippen molar-refractivity contribution in [3.63, 3.8) is 0 Å². The molecule has 5 heteroatoms. The van der Waals surface area contributed by atoms with Gasteiger partial charge in [0.05, 0.1) is 11.7 Å². The van der Waals surface area contributed by atoms with Crippen LogP contribution in [0.15, 0.2) is 18.2 Å². The number of nitrogens with zero attached hydrogens (tertiary/aromatic N) is 1. The van der Waals surface area contributed by atoms with E-state index in [-0.39, 0.29) is 18.2 Å². The van der Waals surface area contributed by atoms with Gasteiger partial charge in [-0.1, -0.05) is 0 Å². The van der Waals surface area contributed by atoms with Gasteiger partial charge in [-0.25, -0.2) is 0 Å². The molecule has 0 aliphatic carbocycles. The first-order valence-corrected chi connectivity index (χ1v) is 6.21. The second-order valence-electron chi connectivity index (χ2n) is 4.75. The van der Waals surface area contributed by atoms with Crippen LogP contribution in [0.25, 0.3) is 0 Å². The molecule has 19 heavy (non-hydrogen) atoms. The van der Waals surface area contributed by atoms with E-state index in [1.54, 1.807) is 18.2 Å². The molecule has 0 fully saturated rings. The van der Waals surface area contributed by atoms with Crippen LogP contribution in [-0.4, -0.2) is 36.6 Å². The lowest BCUT2D eigenvalue weighted by molar-refractivity contribution is -0.137. The Labute approximate surface area is 111 Å². The zero-order chi connectivity index (χ0) is 14.0. The van der Waals surface area contributed by atoms with Crippen LogP contribution < -0.4 is 9.64 Å². The molecular weight excluding hydrogens is 246 g/mol. The zero-order valence-electron chi connectivity index (χ0n) is 11.0. The number of Topliss-reactive ketones (excluding diaryl/α,β-unsaturated/α-hetero) is 1. The Morgan fingerprint density at radius 2 is 2.21 bits per heavy atom. The van der Waals surface area contributed by atoms with Crippen molar-refractivity contribution in [1.29, 1.82) is 0 Å². The highest BCUT2D eigenvalue weighted by atomic mass is 16.5. The van der Waals surface area contributed by atoms with Gasteiger partial charge >= 0.3 is 5.97 Å². The number of fused-ring (bicyclic) bond motifs is 1. The minimum absolute atomic E-state index is 0.00357. The molecule has 0 saturated carbocycles. The third-order valence-electron chi connectivity index (χ3n) is 3.42. The monoisotopic (exact) mass is 263 g/mol. The maximum Gasteiger partial charge on any atom is 0.303 e. The number of carboxylic acid groups (broad SMARTS) is 1. The highest BCUT2D eigenvalue weighted by molar-refractivity contribution is 5.95. The van der Waals surface area contributed by atoms with Crippen molar-refractivity contribution >= 4 is 17.4 Å². The minimum atomic E-state index is -0.809. The number of anilines is 1. The van der Waals surface area contributed by atoms with Gasteiger partial charge in [0.15, 0.2) is 5.78 Å². The summed E-state index contributed by atoms with van der Waals surface area (Å²) in [6.07, 6.45) is 0.635. The fourth-order valence-corrected chi connectivity index (χ4v) is 2.20. The zero-order valence-corrected chi connectivity index (χ0v) is 11.0. The van der Waals surface area contributed by atoms with E-state index in [2.05, 4.69) is 0 Å². The third kappa shape index (κ3) is 2.86. The van der Waals surface area contributed by atoms with E-state index in [1.807, 2.05) is 11.9 Å². The summed E-state index contributed by atoms with van der Waals surface area (Å²) in [6, 6.07) is 5.35. The van der Waals surface area contributed by atoms with Gasteiger partial charge in [-0.3, -0.25) is 9.59 Å². The molecule has 102 valence electrons. The Morgan fingerprint density at radius 3 is 2.84 bits per heavy atom. The van der Waals surface area contributed by atoms with Crippen LogP contribution in [0.3, 0.4) is 0 Å². The Balaban J connectivity index is 2.21. The fraction of sp³-hybridized carbons (Fsp3) is 0.429. The van der Waals surface area contributed by atoms with Crippen LogP contribution in [0, 0.1) is 0 Å². The SMILES string of the molecule is CC(=O)c1ccc2c(c1)N(C)C(CCC(=O)O)CO2. The van der Waals surface area contributed by atoms with Crippen molar-refractivity contribution in [3.8, 4) is 5.75 Å². The molecule has 1 N–H and O–H groups in total. The summed E-state index contributed by atoms with van der Waals surface area (Å²) in [4.78, 5) is 24.0. The van der Waals surface area contributed by atoms with Gasteiger partial charge in [0.1, 0.15) is 12.4 Å². The molecule has 1 heterocycles. The van der Waals surface area contributed by atoms with Crippen LogP contribution >= 0.6 is 0 Å². The number of rotatable bonds is 4. The Hall–Kier alpha value is -2.04. The van der Waals surface area contributed by atoms with Crippen LogP contribution in [-0.2, 0) is 4.79 Å². The van der Waals surface area contributed by atoms with Crippen molar-refractivity contribution < 1.29 is 19.4 Å². The third-order valence-corrected chi connectivity index (χ3v) is 3.42. The topological polar surface area (TPSA) is 66.8 Å². The number of benzene rings is 1. The quantitative estimate of drug-likeness (QED) is 0.841. The van der Waals surface area contributed by atoms with Gasteiger partial charge in [-0.2, -0.15) is 0 Å². The molecule has 0 aromatic heterocycles. The molecule has 1 atom stereocenters. The molecule has 0 bridgehead atoms. The average Bonchev–Trinajstić information content (AvgIpc) is 2.37. The van der Waals surface area contributed by atoms with Crippen molar-refractivity contribution in [3.05, 3.63) is 23.8 Å². The number of carbonyl (C=O) groups is 2. The first-order chi connectivity index (χ1) is 8.99. The summed E-state index contributed by atoms with van der Waals surface area (Å²) in [7, 11) is 1.90. The minimum Gasteiger partial charge on any atom is -0.489 e. The number of carboxylic acids is 1. The average molecular weight is 263 g/mol. The lowest BCUT2D eigenvalue weighted by Crippen LogP contribution is -2.40. The highest BCUT2D eigenvalue weighted by Crippen LogP contribution is 2.34. The molecule has 1 aliphatic heterocycles. The predicted octanol–water partition coefficient (Wildman–Crippen LogP) is 1.95. The predicted molar refractivity (Wildman–Crippen MR) is 71.0 cm³/mol. The second kappa shape index (κ2) is 5.30.